The van der Waals surface area contributed by atoms with E-state index in [1.54, 1.807) is 25.4 Å². The molecule has 0 atom stereocenters. The number of aromatic nitrogens is 2. The zero-order valence-electron chi connectivity index (χ0n) is 11.5. The third-order valence-corrected chi connectivity index (χ3v) is 3.30. The third-order valence-electron chi connectivity index (χ3n) is 3.30. The lowest BCUT2D eigenvalue weighted by Gasteiger charge is -2.01. The monoisotopic (exact) mass is 282 g/mol. The molecule has 3 rings (SSSR count). The molecule has 21 heavy (non-hydrogen) atoms. The van der Waals surface area contributed by atoms with E-state index in [1.165, 1.54) is 0 Å². The Labute approximate surface area is 121 Å². The molecule has 1 aromatic carbocycles. The second kappa shape index (κ2) is 5.28. The maximum atomic E-state index is 11.0. The zero-order chi connectivity index (χ0) is 14.8. The molecular formula is C16H14N2O3. The number of hydrogen-bond donors (Lipinski definition) is 1. The molecule has 0 spiro atoms. The number of pyridine rings is 1. The van der Waals surface area contributed by atoms with E-state index in [0.29, 0.717) is 12.1 Å². The van der Waals surface area contributed by atoms with Gasteiger partial charge in [-0.05, 0) is 29.8 Å². The van der Waals surface area contributed by atoms with Gasteiger partial charge in [0, 0.05) is 18.8 Å². The zero-order valence-corrected chi connectivity index (χ0v) is 11.5. The highest BCUT2D eigenvalue weighted by atomic mass is 16.5. The highest BCUT2D eigenvalue weighted by molar-refractivity contribution is 5.88. The first-order valence-corrected chi connectivity index (χ1v) is 6.49. The molecule has 1 N–H and O–H groups in total. The lowest BCUT2D eigenvalue weighted by molar-refractivity contribution is 0.0697. The number of benzene rings is 1. The van der Waals surface area contributed by atoms with Crippen LogP contribution in [0.15, 0.2) is 48.8 Å². The maximum Gasteiger partial charge on any atom is 0.335 e. The predicted octanol–water partition coefficient (Wildman–Crippen LogP) is 2.63. The van der Waals surface area contributed by atoms with E-state index in [4.69, 9.17) is 9.84 Å². The maximum absolute atomic E-state index is 11.0. The normalized spacial score (nSPS) is 10.7. The Morgan fingerprint density at radius 2 is 2.05 bits per heavy atom. The summed E-state index contributed by atoms with van der Waals surface area (Å²) in [5.74, 6) is -0.128. The molecule has 0 radical (unpaired) electrons. The quantitative estimate of drug-likeness (QED) is 0.799. The Bertz CT molecular complexity index is 791. The van der Waals surface area contributed by atoms with Crippen LogP contribution in [0.25, 0.3) is 5.65 Å². The van der Waals surface area contributed by atoms with Crippen LogP contribution in [-0.4, -0.2) is 27.6 Å². The van der Waals surface area contributed by atoms with Crippen LogP contribution in [0.1, 0.15) is 21.6 Å². The van der Waals surface area contributed by atoms with Crippen LogP contribution in [-0.2, 0) is 6.42 Å². The summed E-state index contributed by atoms with van der Waals surface area (Å²) in [5, 5.41) is 8.99. The number of nitrogens with zero attached hydrogens (tertiary/aromatic N) is 2. The van der Waals surface area contributed by atoms with E-state index >= 15 is 0 Å². The van der Waals surface area contributed by atoms with Gasteiger partial charge in [-0.25, -0.2) is 9.78 Å². The summed E-state index contributed by atoms with van der Waals surface area (Å²) in [6, 6.07) is 10.9. The van der Waals surface area contributed by atoms with Crippen molar-refractivity contribution in [3.05, 3.63) is 65.6 Å². The molecule has 0 aliphatic heterocycles. The number of fused-ring (bicyclic) bond motifs is 1. The summed E-state index contributed by atoms with van der Waals surface area (Å²) < 4.78 is 6.95. The van der Waals surface area contributed by atoms with Crippen LogP contribution in [0.5, 0.6) is 5.75 Å². The first kappa shape index (κ1) is 13.2. The smallest absolute Gasteiger partial charge is 0.335 e. The summed E-state index contributed by atoms with van der Waals surface area (Å²) in [6.45, 7) is 0. The van der Waals surface area contributed by atoms with E-state index in [-0.39, 0.29) is 5.56 Å². The molecule has 0 saturated heterocycles. The summed E-state index contributed by atoms with van der Waals surface area (Å²) in [7, 11) is 1.64. The number of carboxylic acid groups (broad SMARTS) is 1. The van der Waals surface area contributed by atoms with Gasteiger partial charge >= 0.3 is 5.97 Å². The average molecular weight is 282 g/mol. The average Bonchev–Trinajstić information content (AvgIpc) is 2.89. The van der Waals surface area contributed by atoms with Gasteiger partial charge in [0.2, 0.25) is 0 Å². The molecule has 0 amide bonds. The number of carboxylic acids is 1. The molecule has 0 fully saturated rings. The third kappa shape index (κ3) is 2.72. The van der Waals surface area contributed by atoms with E-state index in [1.807, 2.05) is 34.9 Å². The Morgan fingerprint density at radius 1 is 1.29 bits per heavy atom. The fraction of sp³-hybridized carbons (Fsp3) is 0.125. The minimum atomic E-state index is -0.947. The highest BCUT2D eigenvalue weighted by Gasteiger charge is 2.07. The van der Waals surface area contributed by atoms with Gasteiger partial charge in [-0.1, -0.05) is 12.1 Å². The van der Waals surface area contributed by atoms with Crippen molar-refractivity contribution in [2.24, 2.45) is 0 Å². The Kier molecular flexibility index (Phi) is 3.31. The second-order valence-corrected chi connectivity index (χ2v) is 4.74. The second-order valence-electron chi connectivity index (χ2n) is 4.74. The first-order chi connectivity index (χ1) is 10.2. The Balaban J connectivity index is 1.88. The van der Waals surface area contributed by atoms with Crippen molar-refractivity contribution in [1.29, 1.82) is 0 Å². The lowest BCUT2D eigenvalue weighted by Crippen LogP contribution is -1.96. The molecular weight excluding hydrogens is 268 g/mol. The Morgan fingerprint density at radius 3 is 2.71 bits per heavy atom. The molecule has 0 aliphatic rings. The van der Waals surface area contributed by atoms with Crippen molar-refractivity contribution in [1.82, 2.24) is 9.38 Å². The molecule has 0 saturated carbocycles. The molecule has 2 heterocycles. The van der Waals surface area contributed by atoms with Crippen molar-refractivity contribution in [2.45, 2.75) is 6.42 Å². The van der Waals surface area contributed by atoms with Crippen LogP contribution in [0, 0.1) is 0 Å². The van der Waals surface area contributed by atoms with Gasteiger partial charge in [0.1, 0.15) is 11.4 Å². The van der Waals surface area contributed by atoms with E-state index in [0.717, 1.165) is 17.0 Å². The van der Waals surface area contributed by atoms with Gasteiger partial charge < -0.3 is 14.2 Å². The number of aromatic carboxylic acids is 1. The lowest BCUT2D eigenvalue weighted by atomic mass is 10.1. The van der Waals surface area contributed by atoms with Crippen LogP contribution < -0.4 is 4.74 Å². The molecule has 2 aromatic heterocycles. The number of carbonyl (C=O) groups is 1. The van der Waals surface area contributed by atoms with Crippen molar-refractivity contribution in [3.8, 4) is 5.75 Å². The van der Waals surface area contributed by atoms with Crippen LogP contribution >= 0.6 is 0 Å². The minimum absolute atomic E-state index is 0.240. The fourth-order valence-corrected chi connectivity index (χ4v) is 2.21. The predicted molar refractivity (Wildman–Crippen MR) is 78.0 cm³/mol. The van der Waals surface area contributed by atoms with Gasteiger partial charge in [-0.3, -0.25) is 0 Å². The van der Waals surface area contributed by atoms with Crippen molar-refractivity contribution in [3.63, 3.8) is 0 Å². The van der Waals surface area contributed by atoms with Crippen LogP contribution in [0.4, 0.5) is 0 Å². The molecule has 5 nitrogen and oxygen atoms in total. The molecule has 5 heteroatoms. The topological polar surface area (TPSA) is 63.8 Å². The van der Waals surface area contributed by atoms with Crippen molar-refractivity contribution < 1.29 is 14.6 Å². The van der Waals surface area contributed by atoms with Crippen molar-refractivity contribution >= 4 is 11.6 Å². The number of imidazole rings is 1. The molecule has 106 valence electrons. The fourth-order valence-electron chi connectivity index (χ4n) is 2.21. The van der Waals surface area contributed by atoms with Gasteiger partial charge in [0.25, 0.3) is 0 Å². The number of hydrogen-bond acceptors (Lipinski definition) is 3. The van der Waals surface area contributed by atoms with Gasteiger partial charge in [-0.15, -0.1) is 0 Å². The van der Waals surface area contributed by atoms with E-state index in [2.05, 4.69) is 4.98 Å². The molecule has 0 bridgehead atoms. The number of rotatable bonds is 4. The van der Waals surface area contributed by atoms with E-state index in [9.17, 15) is 4.79 Å². The standard InChI is InChI=1S/C16H14N2O3/c1-21-14-4-2-11(3-5-14)8-13-10-18-7-6-12(16(19)20)9-15(18)17-13/h2-7,9-10H,8H2,1H3,(H,19,20). The Hall–Kier alpha value is -2.82. The van der Waals surface area contributed by atoms with Gasteiger partial charge in [-0.2, -0.15) is 0 Å². The molecule has 3 aromatic rings. The van der Waals surface area contributed by atoms with Gasteiger partial charge in [0.05, 0.1) is 18.4 Å². The summed E-state index contributed by atoms with van der Waals surface area (Å²) in [6.07, 6.45) is 4.31. The minimum Gasteiger partial charge on any atom is -0.497 e. The summed E-state index contributed by atoms with van der Waals surface area (Å²) >= 11 is 0. The van der Waals surface area contributed by atoms with E-state index < -0.39 is 5.97 Å². The summed E-state index contributed by atoms with van der Waals surface area (Å²) in [5.41, 5.74) is 2.89. The first-order valence-electron chi connectivity index (χ1n) is 6.49. The van der Waals surface area contributed by atoms with Gasteiger partial charge in [0.15, 0.2) is 0 Å². The molecule has 0 aliphatic carbocycles. The largest absolute Gasteiger partial charge is 0.497 e. The van der Waals surface area contributed by atoms with Crippen molar-refractivity contribution in [2.75, 3.05) is 7.11 Å². The summed E-state index contributed by atoms with van der Waals surface area (Å²) in [4.78, 5) is 15.4. The number of ether oxygens (including phenoxy) is 1. The molecule has 0 unspecified atom stereocenters. The highest BCUT2D eigenvalue weighted by Crippen LogP contribution is 2.15. The van der Waals surface area contributed by atoms with Crippen LogP contribution in [0.2, 0.25) is 0 Å². The SMILES string of the molecule is COc1ccc(Cc2cn3ccc(C(=O)O)cc3n2)cc1. The van der Waals surface area contributed by atoms with Crippen LogP contribution in [0.3, 0.4) is 0 Å². The number of methoxy groups -OCH3 is 1.